The summed E-state index contributed by atoms with van der Waals surface area (Å²) in [5.41, 5.74) is 0.591. The molecule has 4 aromatic rings. The molecule has 3 aromatic heterocycles. The summed E-state index contributed by atoms with van der Waals surface area (Å²) < 4.78 is 41.7. The molecule has 2 unspecified atom stereocenters. The van der Waals surface area contributed by atoms with E-state index in [1.54, 1.807) is 36.4 Å². The highest BCUT2D eigenvalue weighted by Gasteiger charge is 2.36. The van der Waals surface area contributed by atoms with Gasteiger partial charge in [-0.1, -0.05) is 24.3 Å². The van der Waals surface area contributed by atoms with Gasteiger partial charge in [-0.2, -0.15) is 13.2 Å². The monoisotopic (exact) mass is 606 g/mol. The first-order valence-corrected chi connectivity index (χ1v) is 14.2. The normalized spacial score (nSPS) is 17.2. The molecule has 10 nitrogen and oxygen atoms in total. The molecule has 2 atom stereocenters. The molecule has 1 aromatic carbocycles. The second-order valence-electron chi connectivity index (χ2n) is 11.0. The number of rotatable bonds is 9. The maximum atomic E-state index is 13.9. The summed E-state index contributed by atoms with van der Waals surface area (Å²) >= 11 is 0. The lowest BCUT2D eigenvalue weighted by molar-refractivity contribution is -0.137. The molecule has 0 bridgehead atoms. The number of hydrogen-bond acceptors (Lipinski definition) is 7. The van der Waals surface area contributed by atoms with Crippen molar-refractivity contribution in [1.29, 1.82) is 0 Å². The van der Waals surface area contributed by atoms with E-state index in [-0.39, 0.29) is 41.2 Å². The Morgan fingerprint density at radius 3 is 2.61 bits per heavy atom. The maximum absolute atomic E-state index is 13.9. The molecule has 0 spiro atoms. The summed E-state index contributed by atoms with van der Waals surface area (Å²) in [6, 6.07) is 9.90. The Bertz CT molecular complexity index is 1650. The molecule has 3 heterocycles. The average Bonchev–Trinajstić information content (AvgIpc) is 3.41. The van der Waals surface area contributed by atoms with Crippen LogP contribution in [0.4, 0.5) is 24.8 Å². The molecule has 2 amide bonds. The van der Waals surface area contributed by atoms with Gasteiger partial charge >= 0.3 is 6.18 Å². The first-order chi connectivity index (χ1) is 21.1. The molecule has 1 aliphatic rings. The van der Waals surface area contributed by atoms with Gasteiger partial charge in [-0.25, -0.2) is 15.0 Å². The number of pyridine rings is 1. The average molecular weight is 607 g/mol. The first-order valence-electron chi connectivity index (χ1n) is 14.2. The van der Waals surface area contributed by atoms with E-state index in [0.717, 1.165) is 25.5 Å². The van der Waals surface area contributed by atoms with Gasteiger partial charge in [0.2, 0.25) is 11.9 Å². The van der Waals surface area contributed by atoms with Gasteiger partial charge in [0.15, 0.2) is 0 Å². The largest absolute Gasteiger partial charge is 0.419 e. The van der Waals surface area contributed by atoms with Crippen LogP contribution in [0, 0.1) is 0 Å². The van der Waals surface area contributed by atoms with Gasteiger partial charge < -0.3 is 25.8 Å². The third-order valence-corrected chi connectivity index (χ3v) is 7.28. The molecule has 230 valence electrons. The standard InChI is InChI=1S/C31H33F3N8O2/c1-42(2)14-6-11-27(43)38-21-12-13-26(35-16-21)29(44)39-19-7-5-8-20(15-19)40-30-37-18-24(31(32,33)34)28(41-30)23-17-36-25-10-4-3-9-22(23)25/h3-4,6,9-13,16-20,36H,5,7-8,14-15H2,1-2H3,(H,38,43)(H,39,44)(H,37,40,41). The van der Waals surface area contributed by atoms with E-state index in [1.165, 1.54) is 24.5 Å². The number of nitrogens with zero attached hydrogens (tertiary/aromatic N) is 4. The Hall–Kier alpha value is -4.78. The first kappa shape index (κ1) is 30.7. The summed E-state index contributed by atoms with van der Waals surface area (Å²) in [5.74, 6) is -0.560. The zero-order valence-electron chi connectivity index (χ0n) is 24.3. The highest BCUT2D eigenvalue weighted by molar-refractivity contribution is 5.99. The van der Waals surface area contributed by atoms with Crippen LogP contribution in [0.25, 0.3) is 22.2 Å². The van der Waals surface area contributed by atoms with Crippen molar-refractivity contribution >= 4 is 34.4 Å². The molecule has 1 fully saturated rings. The summed E-state index contributed by atoms with van der Waals surface area (Å²) in [6.45, 7) is 0.631. The van der Waals surface area contributed by atoms with Crippen molar-refractivity contribution in [3.8, 4) is 11.3 Å². The number of para-hydroxylation sites is 1. The van der Waals surface area contributed by atoms with Crippen LogP contribution in [-0.4, -0.2) is 69.4 Å². The third-order valence-electron chi connectivity index (χ3n) is 7.28. The van der Waals surface area contributed by atoms with Gasteiger partial charge in [-0.15, -0.1) is 0 Å². The Balaban J connectivity index is 1.22. The van der Waals surface area contributed by atoms with Gasteiger partial charge in [0, 0.05) is 53.6 Å². The third kappa shape index (κ3) is 7.59. The Morgan fingerprint density at radius 2 is 1.86 bits per heavy atom. The van der Waals surface area contributed by atoms with Crippen LogP contribution >= 0.6 is 0 Å². The van der Waals surface area contributed by atoms with Crippen LogP contribution in [0.2, 0.25) is 0 Å². The highest BCUT2D eigenvalue weighted by Crippen LogP contribution is 2.38. The van der Waals surface area contributed by atoms with E-state index in [2.05, 4.69) is 35.9 Å². The van der Waals surface area contributed by atoms with Gasteiger partial charge in [-0.05, 0) is 58.0 Å². The van der Waals surface area contributed by atoms with Crippen LogP contribution in [-0.2, 0) is 11.0 Å². The van der Waals surface area contributed by atoms with E-state index >= 15 is 0 Å². The second-order valence-corrected chi connectivity index (χ2v) is 11.0. The minimum Gasteiger partial charge on any atom is -0.360 e. The predicted octanol–water partition coefficient (Wildman–Crippen LogP) is 5.25. The second kappa shape index (κ2) is 13.2. The molecule has 0 saturated heterocycles. The molecule has 4 N–H and O–H groups in total. The Morgan fingerprint density at radius 1 is 1.07 bits per heavy atom. The fraction of sp³-hybridized carbons (Fsp3) is 0.323. The number of hydrogen-bond donors (Lipinski definition) is 4. The summed E-state index contributed by atoms with van der Waals surface area (Å²) in [6.07, 6.45) is 5.11. The number of fused-ring (bicyclic) bond motifs is 1. The number of benzene rings is 1. The van der Waals surface area contributed by atoms with E-state index in [4.69, 9.17) is 0 Å². The zero-order chi connectivity index (χ0) is 31.3. The number of halogens is 3. The SMILES string of the molecule is CN(C)CC=CC(=O)Nc1ccc(C(=O)NC2CCCC(Nc3ncc(C(F)(F)F)c(-c4c[nH]c5ccccc45)n3)C2)nc1. The van der Waals surface area contributed by atoms with Crippen molar-refractivity contribution in [1.82, 2.24) is 30.2 Å². The Kier molecular flexibility index (Phi) is 9.23. The lowest BCUT2D eigenvalue weighted by Crippen LogP contribution is -2.42. The van der Waals surface area contributed by atoms with E-state index in [1.807, 2.05) is 19.0 Å². The van der Waals surface area contributed by atoms with Crippen molar-refractivity contribution in [2.24, 2.45) is 0 Å². The Labute approximate surface area is 252 Å². The number of carbonyl (C=O) groups excluding carboxylic acids is 2. The molecule has 1 saturated carbocycles. The van der Waals surface area contributed by atoms with E-state index in [9.17, 15) is 22.8 Å². The minimum atomic E-state index is -4.63. The summed E-state index contributed by atoms with van der Waals surface area (Å²) in [5, 5.41) is 9.51. The highest BCUT2D eigenvalue weighted by atomic mass is 19.4. The van der Waals surface area contributed by atoms with Crippen LogP contribution in [0.5, 0.6) is 0 Å². The van der Waals surface area contributed by atoms with Gasteiger partial charge in [0.05, 0.1) is 17.6 Å². The number of alkyl halides is 3. The van der Waals surface area contributed by atoms with Crippen LogP contribution in [0.15, 0.2) is 67.1 Å². The lowest BCUT2D eigenvalue weighted by atomic mass is 9.91. The van der Waals surface area contributed by atoms with Crippen molar-refractivity contribution in [3.05, 3.63) is 78.4 Å². The zero-order valence-corrected chi connectivity index (χ0v) is 24.3. The number of nitrogens with one attached hydrogen (secondary N) is 4. The number of amides is 2. The van der Waals surface area contributed by atoms with Crippen LogP contribution in [0.3, 0.4) is 0 Å². The maximum Gasteiger partial charge on any atom is 0.419 e. The molecular weight excluding hydrogens is 573 g/mol. The van der Waals surface area contributed by atoms with Crippen LogP contribution in [0.1, 0.15) is 41.7 Å². The summed E-state index contributed by atoms with van der Waals surface area (Å²) in [4.78, 5) is 42.4. The number of aromatic amines is 1. The molecule has 5 rings (SSSR count). The molecule has 0 radical (unpaired) electrons. The van der Waals surface area contributed by atoms with Crippen molar-refractivity contribution in [2.45, 2.75) is 43.9 Å². The molecule has 44 heavy (non-hydrogen) atoms. The van der Waals surface area contributed by atoms with Crippen molar-refractivity contribution in [2.75, 3.05) is 31.3 Å². The van der Waals surface area contributed by atoms with E-state index < -0.39 is 11.7 Å². The van der Waals surface area contributed by atoms with Gasteiger partial charge in [0.25, 0.3) is 5.91 Å². The number of carbonyl (C=O) groups is 2. The van der Waals surface area contributed by atoms with Crippen molar-refractivity contribution in [3.63, 3.8) is 0 Å². The number of H-pyrrole nitrogens is 1. The molecule has 13 heteroatoms. The number of likely N-dealkylation sites (N-methyl/N-ethyl adjacent to an activating group) is 1. The molecule has 1 aliphatic carbocycles. The summed E-state index contributed by atoms with van der Waals surface area (Å²) in [7, 11) is 3.80. The molecular formula is C31H33F3N8O2. The fourth-order valence-electron chi connectivity index (χ4n) is 5.18. The topological polar surface area (TPSA) is 128 Å². The number of anilines is 2. The quantitative estimate of drug-likeness (QED) is 0.192. The number of aromatic nitrogens is 4. The fourth-order valence-corrected chi connectivity index (χ4v) is 5.18. The predicted molar refractivity (Wildman–Crippen MR) is 162 cm³/mol. The van der Waals surface area contributed by atoms with E-state index in [0.29, 0.717) is 35.1 Å². The minimum absolute atomic E-state index is 0.0890. The van der Waals surface area contributed by atoms with Crippen LogP contribution < -0.4 is 16.0 Å². The molecule has 0 aliphatic heterocycles. The van der Waals surface area contributed by atoms with Gasteiger partial charge in [0.1, 0.15) is 11.3 Å². The van der Waals surface area contributed by atoms with Crippen molar-refractivity contribution < 1.29 is 22.8 Å². The smallest absolute Gasteiger partial charge is 0.360 e. The lowest BCUT2D eigenvalue weighted by Gasteiger charge is -2.30. The van der Waals surface area contributed by atoms with Gasteiger partial charge in [-0.3, -0.25) is 9.59 Å².